The summed E-state index contributed by atoms with van der Waals surface area (Å²) in [5.74, 6) is -1.48. The average Bonchev–Trinajstić information content (AvgIpc) is 2.63. The Kier molecular flexibility index (Phi) is 6.89. The molecule has 0 bridgehead atoms. The van der Waals surface area contributed by atoms with Gasteiger partial charge in [0.1, 0.15) is 0 Å². The first-order valence-corrected chi connectivity index (χ1v) is 9.96. The molecule has 0 unspecified atom stereocenters. The number of sulfonamides is 1. The van der Waals surface area contributed by atoms with Crippen molar-refractivity contribution in [3.63, 3.8) is 0 Å². The number of hydrogen-bond donors (Lipinski definition) is 2. The summed E-state index contributed by atoms with van der Waals surface area (Å²) < 4.78 is 30.0. The smallest absolute Gasteiger partial charge is 0.340 e. The van der Waals surface area contributed by atoms with Crippen molar-refractivity contribution in [2.24, 2.45) is 0 Å². The molecule has 28 heavy (non-hydrogen) atoms. The minimum absolute atomic E-state index is 0.00540. The number of amides is 1. The molecule has 0 aliphatic carbocycles. The molecule has 0 fully saturated rings. The minimum atomic E-state index is -3.57. The first-order valence-electron chi connectivity index (χ1n) is 7.76. The largest absolute Gasteiger partial charge is 0.452 e. The zero-order valence-electron chi connectivity index (χ0n) is 14.9. The zero-order valence-corrected chi connectivity index (χ0v) is 17.2. The van der Waals surface area contributed by atoms with E-state index in [2.05, 4.69) is 5.32 Å². The van der Waals surface area contributed by atoms with E-state index in [0.717, 1.165) is 4.31 Å². The molecular formula is C17H17Cl2N3O5S. The molecule has 0 saturated heterocycles. The number of nitrogens with two attached hydrogens (primary N) is 1. The number of benzene rings is 2. The van der Waals surface area contributed by atoms with Crippen molar-refractivity contribution in [2.45, 2.75) is 4.90 Å². The Balaban J connectivity index is 1.99. The van der Waals surface area contributed by atoms with Gasteiger partial charge in [-0.15, -0.1) is 0 Å². The first kappa shape index (κ1) is 22.0. The van der Waals surface area contributed by atoms with Crippen molar-refractivity contribution in [1.29, 1.82) is 0 Å². The van der Waals surface area contributed by atoms with E-state index in [1.807, 2.05) is 0 Å². The van der Waals surface area contributed by atoms with Gasteiger partial charge in [-0.3, -0.25) is 4.79 Å². The predicted molar refractivity (Wildman–Crippen MR) is 107 cm³/mol. The van der Waals surface area contributed by atoms with Gasteiger partial charge in [0.25, 0.3) is 5.91 Å². The van der Waals surface area contributed by atoms with Crippen LogP contribution in [-0.4, -0.2) is 45.3 Å². The Labute approximate surface area is 172 Å². The molecule has 2 aromatic rings. The molecule has 0 radical (unpaired) electrons. The van der Waals surface area contributed by atoms with Gasteiger partial charge >= 0.3 is 5.97 Å². The van der Waals surface area contributed by atoms with Crippen LogP contribution in [0, 0.1) is 0 Å². The molecular weight excluding hydrogens is 429 g/mol. The Morgan fingerprint density at radius 2 is 1.75 bits per heavy atom. The lowest BCUT2D eigenvalue weighted by Gasteiger charge is -2.12. The molecule has 0 saturated carbocycles. The predicted octanol–water partition coefficient (Wildman–Crippen LogP) is 2.62. The summed E-state index contributed by atoms with van der Waals surface area (Å²) >= 11 is 11.7. The number of carbonyl (C=O) groups is 2. The van der Waals surface area contributed by atoms with Gasteiger partial charge in [0.15, 0.2) is 6.61 Å². The lowest BCUT2D eigenvalue weighted by molar-refractivity contribution is -0.119. The van der Waals surface area contributed by atoms with Crippen LogP contribution in [-0.2, 0) is 19.6 Å². The van der Waals surface area contributed by atoms with E-state index in [0.29, 0.717) is 5.69 Å². The number of hydrogen-bond acceptors (Lipinski definition) is 6. The third-order valence-electron chi connectivity index (χ3n) is 3.57. The highest BCUT2D eigenvalue weighted by atomic mass is 35.5. The second-order valence-corrected chi connectivity index (χ2v) is 8.78. The molecule has 0 aromatic heterocycles. The van der Waals surface area contributed by atoms with Crippen molar-refractivity contribution in [1.82, 2.24) is 4.31 Å². The van der Waals surface area contributed by atoms with Crippen LogP contribution in [0.3, 0.4) is 0 Å². The molecule has 0 aliphatic heterocycles. The van der Waals surface area contributed by atoms with E-state index in [-0.39, 0.29) is 26.2 Å². The second kappa shape index (κ2) is 8.78. The van der Waals surface area contributed by atoms with E-state index in [9.17, 15) is 18.0 Å². The summed E-state index contributed by atoms with van der Waals surface area (Å²) in [5.41, 5.74) is 5.99. The van der Waals surface area contributed by atoms with Gasteiger partial charge in [0.05, 0.1) is 21.2 Å². The summed E-state index contributed by atoms with van der Waals surface area (Å²) in [6.45, 7) is -0.583. The van der Waals surface area contributed by atoms with Gasteiger partial charge in [0.2, 0.25) is 10.0 Å². The quantitative estimate of drug-likeness (QED) is 0.520. The number of anilines is 2. The number of carbonyl (C=O) groups excluding carboxylic acids is 2. The molecule has 0 heterocycles. The summed E-state index contributed by atoms with van der Waals surface area (Å²) in [5, 5.41) is 2.78. The van der Waals surface area contributed by atoms with Crippen LogP contribution in [0.1, 0.15) is 10.4 Å². The number of rotatable bonds is 6. The molecule has 0 atom stereocenters. The highest BCUT2D eigenvalue weighted by Crippen LogP contribution is 2.28. The number of nitrogen functional groups attached to an aromatic ring is 1. The molecule has 3 N–H and O–H groups in total. The third-order valence-corrected chi connectivity index (χ3v) is 5.93. The van der Waals surface area contributed by atoms with E-state index in [1.54, 1.807) is 0 Å². The summed E-state index contributed by atoms with van der Waals surface area (Å²) in [6.07, 6.45) is 0. The van der Waals surface area contributed by atoms with E-state index < -0.39 is 28.5 Å². The van der Waals surface area contributed by atoms with Crippen molar-refractivity contribution in [3.8, 4) is 0 Å². The van der Waals surface area contributed by atoms with Gasteiger partial charge in [-0.1, -0.05) is 23.2 Å². The SMILES string of the molecule is CN(C)S(=O)(=O)c1ccc(NC(=O)COC(=O)c2cc(Cl)cc(Cl)c2N)cc1. The Hall–Kier alpha value is -2.33. The van der Waals surface area contributed by atoms with Crippen molar-refractivity contribution in [2.75, 3.05) is 31.8 Å². The highest BCUT2D eigenvalue weighted by molar-refractivity contribution is 7.89. The summed E-state index contributed by atoms with van der Waals surface area (Å²) in [7, 11) is -0.736. The van der Waals surface area contributed by atoms with Gasteiger partial charge in [0, 0.05) is 24.8 Å². The van der Waals surface area contributed by atoms with Crippen LogP contribution in [0.25, 0.3) is 0 Å². The topological polar surface area (TPSA) is 119 Å². The standard InChI is InChI=1S/C17H17Cl2N3O5S/c1-22(2)28(25,26)12-5-3-11(4-6-12)21-15(23)9-27-17(24)13-7-10(18)8-14(19)16(13)20/h3-8H,9,20H2,1-2H3,(H,21,23). The molecule has 0 spiro atoms. The fourth-order valence-corrected chi connectivity index (χ4v) is 3.48. The Morgan fingerprint density at radius 3 is 2.32 bits per heavy atom. The van der Waals surface area contributed by atoms with E-state index in [1.165, 1.54) is 50.5 Å². The van der Waals surface area contributed by atoms with Gasteiger partial charge in [-0.2, -0.15) is 0 Å². The van der Waals surface area contributed by atoms with Crippen molar-refractivity contribution < 1.29 is 22.7 Å². The fourth-order valence-electron chi connectivity index (χ4n) is 2.08. The number of nitrogens with zero attached hydrogens (tertiary/aromatic N) is 1. The fraction of sp³-hybridized carbons (Fsp3) is 0.176. The van der Waals surface area contributed by atoms with E-state index >= 15 is 0 Å². The summed E-state index contributed by atoms with van der Waals surface area (Å²) in [6, 6.07) is 8.21. The average molecular weight is 446 g/mol. The molecule has 0 aliphatic rings. The van der Waals surface area contributed by atoms with Crippen LogP contribution in [0.2, 0.25) is 10.0 Å². The normalized spacial score (nSPS) is 11.3. The molecule has 11 heteroatoms. The van der Waals surface area contributed by atoms with Crippen LogP contribution < -0.4 is 11.1 Å². The highest BCUT2D eigenvalue weighted by Gasteiger charge is 2.18. The Morgan fingerprint density at radius 1 is 1.14 bits per heavy atom. The maximum atomic E-state index is 12.1. The molecule has 2 rings (SSSR count). The minimum Gasteiger partial charge on any atom is -0.452 e. The van der Waals surface area contributed by atoms with Crippen LogP contribution in [0.5, 0.6) is 0 Å². The molecule has 2 aromatic carbocycles. The number of ether oxygens (including phenoxy) is 1. The van der Waals surface area contributed by atoms with Crippen LogP contribution >= 0.6 is 23.2 Å². The number of halogens is 2. The summed E-state index contributed by atoms with van der Waals surface area (Å²) in [4.78, 5) is 24.1. The van der Waals surface area contributed by atoms with Crippen LogP contribution in [0.15, 0.2) is 41.3 Å². The van der Waals surface area contributed by atoms with Crippen molar-refractivity contribution in [3.05, 3.63) is 52.0 Å². The Bertz CT molecular complexity index is 1010. The van der Waals surface area contributed by atoms with E-state index in [4.69, 9.17) is 33.7 Å². The number of esters is 1. The third kappa shape index (κ3) is 5.14. The maximum Gasteiger partial charge on any atom is 0.340 e. The first-order chi connectivity index (χ1) is 13.0. The second-order valence-electron chi connectivity index (χ2n) is 5.78. The lowest BCUT2D eigenvalue weighted by atomic mass is 10.2. The van der Waals surface area contributed by atoms with Gasteiger partial charge < -0.3 is 15.8 Å². The van der Waals surface area contributed by atoms with Gasteiger partial charge in [-0.05, 0) is 36.4 Å². The molecule has 150 valence electrons. The maximum absolute atomic E-state index is 12.1. The molecule has 1 amide bonds. The zero-order chi connectivity index (χ0) is 21.1. The van der Waals surface area contributed by atoms with Crippen LogP contribution in [0.4, 0.5) is 11.4 Å². The van der Waals surface area contributed by atoms with Gasteiger partial charge in [-0.25, -0.2) is 17.5 Å². The monoisotopic (exact) mass is 445 g/mol. The lowest BCUT2D eigenvalue weighted by Crippen LogP contribution is -2.23. The van der Waals surface area contributed by atoms with Crippen molar-refractivity contribution >= 4 is 56.5 Å². The number of nitrogens with one attached hydrogen (secondary N) is 1. The molecule has 8 nitrogen and oxygen atoms in total.